The summed E-state index contributed by atoms with van der Waals surface area (Å²) in [5.74, 6) is 0. The van der Waals surface area contributed by atoms with Gasteiger partial charge in [0.05, 0.1) is 0 Å². The van der Waals surface area contributed by atoms with E-state index in [1.54, 1.807) is 12.1 Å². The minimum atomic E-state index is -1.42. The van der Waals surface area contributed by atoms with Crippen molar-refractivity contribution in [2.45, 2.75) is 6.54 Å². The zero-order valence-electron chi connectivity index (χ0n) is 8.22. The molecule has 0 spiro atoms. The van der Waals surface area contributed by atoms with Gasteiger partial charge in [-0.2, -0.15) is 0 Å². The van der Waals surface area contributed by atoms with E-state index < -0.39 is 7.12 Å². The number of hydrogen-bond donors (Lipinski definition) is 3. The van der Waals surface area contributed by atoms with Crippen LogP contribution >= 0.6 is 0 Å². The fourth-order valence-corrected chi connectivity index (χ4v) is 1.71. The van der Waals surface area contributed by atoms with Crippen molar-refractivity contribution >= 4 is 23.4 Å². The monoisotopic (exact) mass is 201 g/mol. The molecule has 0 saturated heterocycles. The van der Waals surface area contributed by atoms with Gasteiger partial charge < -0.3 is 15.8 Å². The second-order valence-corrected chi connectivity index (χ2v) is 3.48. The van der Waals surface area contributed by atoms with E-state index in [2.05, 4.69) is 0 Å². The van der Waals surface area contributed by atoms with Gasteiger partial charge in [-0.25, -0.2) is 0 Å². The van der Waals surface area contributed by atoms with Crippen molar-refractivity contribution in [2.24, 2.45) is 5.73 Å². The van der Waals surface area contributed by atoms with Crippen molar-refractivity contribution in [1.29, 1.82) is 0 Å². The summed E-state index contributed by atoms with van der Waals surface area (Å²) >= 11 is 0. The van der Waals surface area contributed by atoms with Crippen LogP contribution < -0.4 is 11.2 Å². The van der Waals surface area contributed by atoms with Gasteiger partial charge in [-0.1, -0.05) is 36.4 Å². The molecule has 0 aliphatic heterocycles. The van der Waals surface area contributed by atoms with Crippen LogP contribution in [0.4, 0.5) is 0 Å². The van der Waals surface area contributed by atoms with E-state index in [4.69, 9.17) is 15.8 Å². The Balaban J connectivity index is 2.63. The van der Waals surface area contributed by atoms with Crippen LogP contribution in [0.25, 0.3) is 10.8 Å². The molecular formula is C11H12BNO2. The molecule has 0 fully saturated rings. The molecule has 0 aliphatic carbocycles. The smallest absolute Gasteiger partial charge is 0.423 e. The van der Waals surface area contributed by atoms with Crippen molar-refractivity contribution in [3.63, 3.8) is 0 Å². The molecule has 3 nitrogen and oxygen atoms in total. The molecule has 0 bridgehead atoms. The topological polar surface area (TPSA) is 66.5 Å². The number of benzene rings is 2. The van der Waals surface area contributed by atoms with Crippen LogP contribution in [0.3, 0.4) is 0 Å². The molecule has 2 aromatic rings. The van der Waals surface area contributed by atoms with Gasteiger partial charge in [0.15, 0.2) is 0 Å². The van der Waals surface area contributed by atoms with Gasteiger partial charge >= 0.3 is 7.12 Å². The SMILES string of the molecule is NCc1cccc2cc(B(O)O)ccc12. The first-order chi connectivity index (χ1) is 7.22. The van der Waals surface area contributed by atoms with E-state index in [1.165, 1.54) is 0 Å². The average Bonchev–Trinajstić information content (AvgIpc) is 2.27. The van der Waals surface area contributed by atoms with E-state index in [1.807, 2.05) is 24.3 Å². The minimum absolute atomic E-state index is 0.484. The Bertz CT molecular complexity index is 485. The molecule has 2 aromatic carbocycles. The zero-order chi connectivity index (χ0) is 10.8. The zero-order valence-corrected chi connectivity index (χ0v) is 8.22. The Kier molecular flexibility index (Phi) is 2.73. The second kappa shape index (κ2) is 4.02. The Hall–Kier alpha value is -1.36. The third-order valence-electron chi connectivity index (χ3n) is 2.51. The highest BCUT2D eigenvalue weighted by Crippen LogP contribution is 2.17. The van der Waals surface area contributed by atoms with Crippen molar-refractivity contribution in [3.8, 4) is 0 Å². The molecule has 15 heavy (non-hydrogen) atoms. The Labute approximate surface area is 88.3 Å². The molecule has 76 valence electrons. The predicted molar refractivity (Wildman–Crippen MR) is 61.7 cm³/mol. The average molecular weight is 201 g/mol. The van der Waals surface area contributed by atoms with Crippen molar-refractivity contribution in [1.82, 2.24) is 0 Å². The summed E-state index contributed by atoms with van der Waals surface area (Å²) in [6.07, 6.45) is 0. The molecule has 2 rings (SSSR count). The molecule has 0 unspecified atom stereocenters. The molecule has 4 heteroatoms. The molecule has 0 saturated carbocycles. The van der Waals surface area contributed by atoms with E-state index >= 15 is 0 Å². The summed E-state index contributed by atoms with van der Waals surface area (Å²) in [6, 6.07) is 11.1. The van der Waals surface area contributed by atoms with Crippen LogP contribution in [0.1, 0.15) is 5.56 Å². The Morgan fingerprint density at radius 2 is 1.93 bits per heavy atom. The maximum absolute atomic E-state index is 9.04. The molecular weight excluding hydrogens is 189 g/mol. The highest BCUT2D eigenvalue weighted by Gasteiger charge is 2.11. The highest BCUT2D eigenvalue weighted by atomic mass is 16.4. The lowest BCUT2D eigenvalue weighted by molar-refractivity contribution is 0.426. The third kappa shape index (κ3) is 1.87. The van der Waals surface area contributed by atoms with Crippen LogP contribution in [0.5, 0.6) is 0 Å². The van der Waals surface area contributed by atoms with Crippen molar-refractivity contribution in [3.05, 3.63) is 42.0 Å². The van der Waals surface area contributed by atoms with Crippen LogP contribution in [0, 0.1) is 0 Å². The summed E-state index contributed by atoms with van der Waals surface area (Å²) in [4.78, 5) is 0. The maximum atomic E-state index is 9.04. The molecule has 4 N–H and O–H groups in total. The van der Waals surface area contributed by atoms with E-state index in [-0.39, 0.29) is 0 Å². The van der Waals surface area contributed by atoms with Gasteiger partial charge in [-0.3, -0.25) is 0 Å². The van der Waals surface area contributed by atoms with Crippen LogP contribution in [-0.2, 0) is 6.54 Å². The predicted octanol–water partition coefficient (Wildman–Crippen LogP) is -0.0217. The highest BCUT2D eigenvalue weighted by molar-refractivity contribution is 6.58. The third-order valence-corrected chi connectivity index (χ3v) is 2.51. The summed E-state index contributed by atoms with van der Waals surface area (Å²) < 4.78 is 0. The second-order valence-electron chi connectivity index (χ2n) is 3.48. The quantitative estimate of drug-likeness (QED) is 0.598. The largest absolute Gasteiger partial charge is 0.488 e. The molecule has 0 amide bonds. The lowest BCUT2D eigenvalue weighted by Crippen LogP contribution is -2.29. The van der Waals surface area contributed by atoms with Gasteiger partial charge in [-0.05, 0) is 21.8 Å². The van der Waals surface area contributed by atoms with Gasteiger partial charge in [-0.15, -0.1) is 0 Å². The summed E-state index contributed by atoms with van der Waals surface area (Å²) in [6.45, 7) is 0.484. The first-order valence-corrected chi connectivity index (χ1v) is 4.80. The normalized spacial score (nSPS) is 10.6. The van der Waals surface area contributed by atoms with Crippen LogP contribution in [0.15, 0.2) is 36.4 Å². The maximum Gasteiger partial charge on any atom is 0.488 e. The van der Waals surface area contributed by atoms with Gasteiger partial charge in [0, 0.05) is 6.54 Å². The molecule has 0 aliphatic rings. The summed E-state index contributed by atoms with van der Waals surface area (Å²) in [7, 11) is -1.42. The summed E-state index contributed by atoms with van der Waals surface area (Å²) in [5, 5.41) is 20.1. The molecule has 0 aromatic heterocycles. The standard InChI is InChI=1S/C11H12BNO2/c13-7-9-3-1-2-8-6-10(12(14)15)4-5-11(8)9/h1-6,14-15H,7,13H2. The van der Waals surface area contributed by atoms with Crippen molar-refractivity contribution < 1.29 is 10.0 Å². The Morgan fingerprint density at radius 1 is 1.13 bits per heavy atom. The number of fused-ring (bicyclic) bond motifs is 1. The van der Waals surface area contributed by atoms with Gasteiger partial charge in [0.2, 0.25) is 0 Å². The number of nitrogens with two attached hydrogens (primary N) is 1. The first kappa shape index (κ1) is 10.2. The van der Waals surface area contributed by atoms with E-state index in [0.29, 0.717) is 12.0 Å². The number of rotatable bonds is 2. The summed E-state index contributed by atoms with van der Waals surface area (Å²) in [5.41, 5.74) is 7.17. The molecule has 0 radical (unpaired) electrons. The van der Waals surface area contributed by atoms with E-state index in [9.17, 15) is 0 Å². The number of hydrogen-bond acceptors (Lipinski definition) is 3. The lowest BCUT2D eigenvalue weighted by atomic mass is 9.79. The lowest BCUT2D eigenvalue weighted by Gasteiger charge is -2.06. The van der Waals surface area contributed by atoms with E-state index in [0.717, 1.165) is 16.3 Å². The first-order valence-electron chi connectivity index (χ1n) is 4.80. The molecule has 0 heterocycles. The van der Waals surface area contributed by atoms with Crippen LogP contribution in [0.2, 0.25) is 0 Å². The van der Waals surface area contributed by atoms with Gasteiger partial charge in [0.25, 0.3) is 0 Å². The fourth-order valence-electron chi connectivity index (χ4n) is 1.71. The molecule has 0 atom stereocenters. The van der Waals surface area contributed by atoms with Gasteiger partial charge in [0.1, 0.15) is 0 Å². The minimum Gasteiger partial charge on any atom is -0.423 e. The van der Waals surface area contributed by atoms with Crippen molar-refractivity contribution in [2.75, 3.05) is 0 Å². The fraction of sp³-hybridized carbons (Fsp3) is 0.0909. The van der Waals surface area contributed by atoms with Crippen LogP contribution in [-0.4, -0.2) is 17.2 Å². The Morgan fingerprint density at radius 3 is 2.60 bits per heavy atom.